The number of carbonyl (C=O) groups is 1. The fraction of sp³-hybridized carbons (Fsp3) is 0.800. The molecule has 0 unspecified atom stereocenters. The highest BCUT2D eigenvalue weighted by atomic mass is 16.4. The predicted molar refractivity (Wildman–Crippen MR) is 138 cm³/mol. The van der Waals surface area contributed by atoms with E-state index < -0.39 is 5.97 Å². The second-order valence-electron chi connectivity index (χ2n) is 13.5. The lowest BCUT2D eigenvalue weighted by Crippen LogP contribution is -2.57. The number of carboxylic acids is 1. The van der Waals surface area contributed by atoms with Crippen molar-refractivity contribution in [2.24, 2.45) is 50.5 Å². The second-order valence-corrected chi connectivity index (χ2v) is 13.5. The van der Waals surface area contributed by atoms with Crippen molar-refractivity contribution in [2.75, 3.05) is 0 Å². The van der Waals surface area contributed by atoms with Crippen LogP contribution in [0.4, 0.5) is 0 Å². The summed E-state index contributed by atoms with van der Waals surface area (Å²) in [6.07, 6.45) is 14.7. The predicted octanol–water partition coefficient (Wildman–Crippen LogP) is 7.87. The molecule has 2 N–H and O–H groups in total. The molecule has 4 aliphatic rings. The van der Waals surface area contributed by atoms with Gasteiger partial charge in [-0.3, -0.25) is 0 Å². The van der Waals surface area contributed by atoms with Gasteiger partial charge in [0.2, 0.25) is 0 Å². The highest BCUT2D eigenvalue weighted by molar-refractivity contribution is 5.90. The Morgan fingerprint density at radius 1 is 1.18 bits per heavy atom. The molecular formula is C30H47NO3. The number of nitrogens with zero attached hydrogens (tertiary/aromatic N) is 1. The van der Waals surface area contributed by atoms with Gasteiger partial charge in [-0.1, -0.05) is 64.4 Å². The molecule has 0 aliphatic heterocycles. The van der Waals surface area contributed by atoms with Crippen LogP contribution in [0.25, 0.3) is 0 Å². The molecule has 3 fully saturated rings. The van der Waals surface area contributed by atoms with Gasteiger partial charge in [0.15, 0.2) is 0 Å². The summed E-state index contributed by atoms with van der Waals surface area (Å²) in [6, 6.07) is 0. The zero-order valence-electron chi connectivity index (χ0n) is 22.6. The van der Waals surface area contributed by atoms with E-state index in [1.54, 1.807) is 12.5 Å². The molecule has 4 heteroatoms. The normalized spacial score (nSPS) is 43.5. The van der Waals surface area contributed by atoms with Crippen molar-refractivity contribution in [3.63, 3.8) is 0 Å². The first-order chi connectivity index (χ1) is 15.8. The third-order valence-corrected chi connectivity index (χ3v) is 11.9. The quantitative estimate of drug-likeness (QED) is 0.186. The van der Waals surface area contributed by atoms with Crippen LogP contribution in [0.5, 0.6) is 0 Å². The van der Waals surface area contributed by atoms with E-state index in [0.29, 0.717) is 34.7 Å². The van der Waals surface area contributed by atoms with Crippen LogP contribution in [-0.4, -0.2) is 22.0 Å². The molecule has 0 radical (unpaired) electrons. The fourth-order valence-electron chi connectivity index (χ4n) is 9.51. The molecule has 0 aromatic carbocycles. The molecule has 7 atom stereocenters. The summed E-state index contributed by atoms with van der Waals surface area (Å²) in [6.45, 7) is 16.4. The van der Waals surface area contributed by atoms with E-state index in [0.717, 1.165) is 37.8 Å². The van der Waals surface area contributed by atoms with Crippen LogP contribution in [0.1, 0.15) is 106 Å². The first kappa shape index (κ1) is 25.5. The van der Waals surface area contributed by atoms with Gasteiger partial charge in [0.05, 0.1) is 5.71 Å². The van der Waals surface area contributed by atoms with Crippen molar-refractivity contribution in [2.45, 2.75) is 106 Å². The van der Waals surface area contributed by atoms with E-state index in [1.165, 1.54) is 25.7 Å². The summed E-state index contributed by atoms with van der Waals surface area (Å²) >= 11 is 0. The van der Waals surface area contributed by atoms with Gasteiger partial charge in [-0.05, 0) is 105 Å². The number of oxime groups is 1. The molecule has 0 amide bonds. The topological polar surface area (TPSA) is 69.9 Å². The van der Waals surface area contributed by atoms with Gasteiger partial charge >= 0.3 is 5.97 Å². The Balaban J connectivity index is 1.59. The lowest BCUT2D eigenvalue weighted by Gasteiger charge is -2.63. The Labute approximate surface area is 207 Å². The van der Waals surface area contributed by atoms with E-state index >= 15 is 0 Å². The molecule has 0 aromatic heterocycles. The molecule has 190 valence electrons. The van der Waals surface area contributed by atoms with Crippen LogP contribution in [0, 0.1) is 45.3 Å². The van der Waals surface area contributed by atoms with Crippen molar-refractivity contribution in [3.05, 3.63) is 23.3 Å². The Kier molecular flexibility index (Phi) is 6.39. The summed E-state index contributed by atoms with van der Waals surface area (Å²) in [5, 5.41) is 22.6. The first-order valence-corrected chi connectivity index (χ1v) is 13.6. The maximum Gasteiger partial charge on any atom is 0.330 e. The maximum atomic E-state index is 11.2. The van der Waals surface area contributed by atoms with Crippen molar-refractivity contribution in [3.8, 4) is 0 Å². The average Bonchev–Trinajstić information content (AvgIpc) is 3.04. The van der Waals surface area contributed by atoms with Crippen molar-refractivity contribution < 1.29 is 15.1 Å². The fourth-order valence-corrected chi connectivity index (χ4v) is 9.51. The number of carboxylic acid groups (broad SMARTS) is 1. The Bertz CT molecular complexity index is 929. The summed E-state index contributed by atoms with van der Waals surface area (Å²) in [5.74, 6) is 1.66. The lowest BCUT2D eigenvalue weighted by atomic mass is 9.41. The molecule has 0 aromatic rings. The van der Waals surface area contributed by atoms with E-state index in [-0.39, 0.29) is 16.2 Å². The molecule has 0 spiro atoms. The van der Waals surface area contributed by atoms with Gasteiger partial charge < -0.3 is 10.3 Å². The zero-order chi connectivity index (χ0) is 25.1. The smallest absolute Gasteiger partial charge is 0.330 e. The summed E-state index contributed by atoms with van der Waals surface area (Å²) in [7, 11) is 0. The molecule has 0 bridgehead atoms. The van der Waals surface area contributed by atoms with Gasteiger partial charge in [0.1, 0.15) is 0 Å². The molecule has 4 aliphatic carbocycles. The van der Waals surface area contributed by atoms with Gasteiger partial charge in [-0.15, -0.1) is 0 Å². The van der Waals surface area contributed by atoms with E-state index in [4.69, 9.17) is 5.11 Å². The largest absolute Gasteiger partial charge is 0.478 e. The van der Waals surface area contributed by atoms with E-state index in [1.807, 2.05) is 6.08 Å². The zero-order valence-corrected chi connectivity index (χ0v) is 22.6. The average molecular weight is 470 g/mol. The summed E-state index contributed by atoms with van der Waals surface area (Å²) < 4.78 is 0. The van der Waals surface area contributed by atoms with Crippen LogP contribution < -0.4 is 0 Å². The van der Waals surface area contributed by atoms with Crippen molar-refractivity contribution in [1.82, 2.24) is 0 Å². The Hall–Kier alpha value is -1.58. The van der Waals surface area contributed by atoms with Crippen LogP contribution in [-0.2, 0) is 4.79 Å². The van der Waals surface area contributed by atoms with E-state index in [2.05, 4.69) is 52.8 Å². The van der Waals surface area contributed by atoms with Gasteiger partial charge in [0, 0.05) is 11.0 Å². The number of hydrogen-bond acceptors (Lipinski definition) is 3. The van der Waals surface area contributed by atoms with Gasteiger partial charge in [-0.25, -0.2) is 4.79 Å². The lowest BCUT2D eigenvalue weighted by molar-refractivity contribution is -0.132. The standard InChI is InChI=1S/C30H47NO3/c1-19(9-8-10-20(2)26(32)33)21-13-17-30(7)23-11-12-24-27(3,4)25(31-34)15-16-28(24,5)22(23)14-18-29(21,30)6/h10-11,19,21-22,24,34H,8-9,12-18H2,1-7H3,(H,32,33)/b20-10-,31-25+/t19-,21-,22-,24+,28+,29-,30-/m0/s1. The van der Waals surface area contributed by atoms with Crippen molar-refractivity contribution in [1.29, 1.82) is 0 Å². The molecular weight excluding hydrogens is 422 g/mol. The minimum absolute atomic E-state index is 0.0558. The van der Waals surface area contributed by atoms with Gasteiger partial charge in [0.25, 0.3) is 0 Å². The van der Waals surface area contributed by atoms with Crippen LogP contribution >= 0.6 is 0 Å². The number of hydrogen-bond donors (Lipinski definition) is 2. The minimum atomic E-state index is -0.800. The van der Waals surface area contributed by atoms with Crippen LogP contribution in [0.15, 0.2) is 28.5 Å². The highest BCUT2D eigenvalue weighted by Gasteiger charge is 2.65. The highest BCUT2D eigenvalue weighted by Crippen LogP contribution is 2.73. The Morgan fingerprint density at radius 2 is 1.88 bits per heavy atom. The van der Waals surface area contributed by atoms with Crippen LogP contribution in [0.2, 0.25) is 0 Å². The molecule has 0 saturated heterocycles. The molecule has 3 saturated carbocycles. The summed E-state index contributed by atoms with van der Waals surface area (Å²) in [4.78, 5) is 11.2. The SMILES string of the molecule is C/C(=C/CC[C@H](C)[C@@H]1CC[C@@]2(C)C3=CC[C@@H]4C(C)(C)/C(=N/O)CC[C@]4(C)[C@H]3CC[C@@]12C)C(=O)O. The minimum Gasteiger partial charge on any atom is -0.478 e. The number of rotatable bonds is 5. The van der Waals surface area contributed by atoms with Crippen molar-refractivity contribution >= 4 is 11.7 Å². The Morgan fingerprint density at radius 3 is 2.53 bits per heavy atom. The maximum absolute atomic E-state index is 11.2. The molecule has 34 heavy (non-hydrogen) atoms. The third kappa shape index (κ3) is 3.53. The van der Waals surface area contributed by atoms with Crippen LogP contribution in [0.3, 0.4) is 0 Å². The second kappa shape index (κ2) is 8.52. The van der Waals surface area contributed by atoms with E-state index in [9.17, 15) is 10.0 Å². The third-order valence-electron chi connectivity index (χ3n) is 11.9. The van der Waals surface area contributed by atoms with Gasteiger partial charge in [-0.2, -0.15) is 0 Å². The number of allylic oxidation sites excluding steroid dienone is 3. The summed E-state index contributed by atoms with van der Waals surface area (Å²) in [5.41, 5.74) is 3.98. The number of aliphatic carboxylic acids is 1. The monoisotopic (exact) mass is 469 g/mol. The molecule has 4 rings (SSSR count). The molecule has 4 nitrogen and oxygen atoms in total. The number of fused-ring (bicyclic) bond motifs is 5. The first-order valence-electron chi connectivity index (χ1n) is 13.6. The molecule has 0 heterocycles.